The zero-order valence-corrected chi connectivity index (χ0v) is 13.2. The van der Waals surface area contributed by atoms with Gasteiger partial charge in [-0.05, 0) is 43.0 Å². The number of carbonyl (C=O) groups excluding carboxylic acids is 1. The lowest BCUT2D eigenvalue weighted by atomic mass is 9.81. The Balaban J connectivity index is 1.76. The zero-order chi connectivity index (χ0) is 15.7. The molecule has 0 atom stereocenters. The third-order valence-corrected chi connectivity index (χ3v) is 5.40. The molecule has 22 heavy (non-hydrogen) atoms. The molecule has 1 saturated carbocycles. The predicted molar refractivity (Wildman–Crippen MR) is 86.2 cm³/mol. The van der Waals surface area contributed by atoms with Gasteiger partial charge < -0.3 is 10.3 Å². The fraction of sp³-hybridized carbons (Fsp3) is 0.533. The number of amides is 1. The summed E-state index contributed by atoms with van der Waals surface area (Å²) in [6.45, 7) is 0.433. The molecule has 2 aromatic rings. The SMILES string of the molecule is CNC(=O)C1CCC(Cn2c(=O)[nH]c3ccsc3c2=O)CC1. The summed E-state index contributed by atoms with van der Waals surface area (Å²) >= 11 is 1.35. The van der Waals surface area contributed by atoms with Crippen LogP contribution in [-0.2, 0) is 11.3 Å². The Kier molecular flexibility index (Phi) is 4.15. The minimum absolute atomic E-state index is 0.0658. The molecule has 0 aliphatic heterocycles. The van der Waals surface area contributed by atoms with Crippen LogP contribution in [0.3, 0.4) is 0 Å². The number of fused-ring (bicyclic) bond motifs is 1. The van der Waals surface area contributed by atoms with Crippen molar-refractivity contribution in [3.8, 4) is 0 Å². The van der Waals surface area contributed by atoms with Crippen LogP contribution in [0.2, 0.25) is 0 Å². The third kappa shape index (κ3) is 2.72. The monoisotopic (exact) mass is 321 g/mol. The van der Waals surface area contributed by atoms with Crippen LogP contribution < -0.4 is 16.6 Å². The molecular weight excluding hydrogens is 302 g/mol. The van der Waals surface area contributed by atoms with Gasteiger partial charge in [0.2, 0.25) is 5.91 Å². The number of hydrogen-bond acceptors (Lipinski definition) is 4. The number of nitrogens with one attached hydrogen (secondary N) is 2. The maximum atomic E-state index is 12.4. The molecule has 3 rings (SSSR count). The molecule has 1 fully saturated rings. The van der Waals surface area contributed by atoms with Crippen LogP contribution in [-0.4, -0.2) is 22.5 Å². The summed E-state index contributed by atoms with van der Waals surface area (Å²) in [5, 5.41) is 4.49. The van der Waals surface area contributed by atoms with E-state index in [1.54, 1.807) is 18.5 Å². The summed E-state index contributed by atoms with van der Waals surface area (Å²) in [5.74, 6) is 0.432. The minimum atomic E-state index is -0.343. The van der Waals surface area contributed by atoms with Crippen LogP contribution in [0.1, 0.15) is 25.7 Å². The molecule has 2 heterocycles. The topological polar surface area (TPSA) is 84.0 Å². The van der Waals surface area contributed by atoms with Crippen LogP contribution in [0.5, 0.6) is 0 Å². The number of carbonyl (C=O) groups is 1. The second-order valence-electron chi connectivity index (χ2n) is 5.84. The van der Waals surface area contributed by atoms with Gasteiger partial charge in [0.05, 0.1) is 5.52 Å². The molecule has 0 bridgehead atoms. The number of nitrogens with zero attached hydrogens (tertiary/aromatic N) is 1. The van der Waals surface area contributed by atoms with Gasteiger partial charge in [0.1, 0.15) is 4.70 Å². The molecule has 0 spiro atoms. The molecule has 0 unspecified atom stereocenters. The van der Waals surface area contributed by atoms with Crippen molar-refractivity contribution < 1.29 is 4.79 Å². The van der Waals surface area contributed by atoms with Crippen molar-refractivity contribution in [1.82, 2.24) is 14.9 Å². The number of H-pyrrole nitrogens is 1. The molecule has 118 valence electrons. The largest absolute Gasteiger partial charge is 0.359 e. The normalized spacial score (nSPS) is 21.9. The first-order valence-corrected chi connectivity index (χ1v) is 8.40. The average Bonchev–Trinajstić information content (AvgIpc) is 2.99. The summed E-state index contributed by atoms with van der Waals surface area (Å²) in [6.07, 6.45) is 3.37. The van der Waals surface area contributed by atoms with E-state index in [2.05, 4.69) is 10.3 Å². The first kappa shape index (κ1) is 15.0. The molecule has 0 aromatic carbocycles. The molecule has 6 nitrogen and oxygen atoms in total. The Labute approximate surface area is 131 Å². The summed E-state index contributed by atoms with van der Waals surface area (Å²) in [6, 6.07) is 1.75. The Morgan fingerprint density at radius 1 is 1.36 bits per heavy atom. The number of hydrogen-bond donors (Lipinski definition) is 2. The maximum Gasteiger partial charge on any atom is 0.328 e. The van der Waals surface area contributed by atoms with Gasteiger partial charge in [-0.1, -0.05) is 0 Å². The van der Waals surface area contributed by atoms with Crippen molar-refractivity contribution >= 4 is 27.5 Å². The summed E-state index contributed by atoms with van der Waals surface area (Å²) in [5.41, 5.74) is 0.0612. The van der Waals surface area contributed by atoms with Crippen LogP contribution >= 0.6 is 11.3 Å². The fourth-order valence-electron chi connectivity index (χ4n) is 3.21. The van der Waals surface area contributed by atoms with E-state index in [1.807, 2.05) is 0 Å². The zero-order valence-electron chi connectivity index (χ0n) is 12.4. The van der Waals surface area contributed by atoms with Crippen molar-refractivity contribution in [3.05, 3.63) is 32.3 Å². The van der Waals surface area contributed by atoms with E-state index in [4.69, 9.17) is 0 Å². The second-order valence-corrected chi connectivity index (χ2v) is 6.76. The highest BCUT2D eigenvalue weighted by Crippen LogP contribution is 2.29. The number of rotatable bonds is 3. The van der Waals surface area contributed by atoms with E-state index < -0.39 is 0 Å². The Morgan fingerprint density at radius 3 is 2.77 bits per heavy atom. The second kappa shape index (κ2) is 6.08. The molecule has 1 amide bonds. The van der Waals surface area contributed by atoms with Crippen LogP contribution in [0.4, 0.5) is 0 Å². The van der Waals surface area contributed by atoms with Crippen molar-refractivity contribution in [3.63, 3.8) is 0 Å². The molecule has 0 saturated heterocycles. The number of aromatic nitrogens is 2. The molecule has 1 aliphatic carbocycles. The van der Waals surface area contributed by atoms with Crippen molar-refractivity contribution in [2.24, 2.45) is 11.8 Å². The predicted octanol–water partition coefficient (Wildman–Crippen LogP) is 1.30. The molecule has 2 N–H and O–H groups in total. The van der Waals surface area contributed by atoms with Gasteiger partial charge in [-0.3, -0.25) is 14.2 Å². The van der Waals surface area contributed by atoms with Crippen LogP contribution in [0, 0.1) is 11.8 Å². The summed E-state index contributed by atoms with van der Waals surface area (Å²) < 4.78 is 1.91. The van der Waals surface area contributed by atoms with Crippen molar-refractivity contribution in [1.29, 1.82) is 0 Å². The van der Waals surface area contributed by atoms with E-state index in [0.29, 0.717) is 16.8 Å². The highest BCUT2D eigenvalue weighted by Gasteiger charge is 2.26. The molecule has 2 aromatic heterocycles. The lowest BCUT2D eigenvalue weighted by molar-refractivity contribution is -0.125. The minimum Gasteiger partial charge on any atom is -0.359 e. The van der Waals surface area contributed by atoms with E-state index in [9.17, 15) is 14.4 Å². The lowest BCUT2D eigenvalue weighted by Crippen LogP contribution is -2.38. The molecule has 1 aliphatic rings. The Bertz CT molecular complexity index is 796. The van der Waals surface area contributed by atoms with Gasteiger partial charge in [-0.15, -0.1) is 11.3 Å². The third-order valence-electron chi connectivity index (χ3n) is 4.50. The van der Waals surface area contributed by atoms with Crippen LogP contribution in [0.15, 0.2) is 21.0 Å². The first-order valence-electron chi connectivity index (χ1n) is 7.52. The number of thiophene rings is 1. The molecular formula is C15H19N3O3S. The first-order chi connectivity index (χ1) is 10.6. The van der Waals surface area contributed by atoms with E-state index >= 15 is 0 Å². The smallest absolute Gasteiger partial charge is 0.328 e. The maximum absolute atomic E-state index is 12.4. The molecule has 7 heteroatoms. The highest BCUT2D eigenvalue weighted by atomic mass is 32.1. The lowest BCUT2D eigenvalue weighted by Gasteiger charge is -2.27. The van der Waals surface area contributed by atoms with Crippen molar-refractivity contribution in [2.45, 2.75) is 32.2 Å². The van der Waals surface area contributed by atoms with E-state index in [1.165, 1.54) is 15.9 Å². The van der Waals surface area contributed by atoms with Gasteiger partial charge in [0.15, 0.2) is 0 Å². The fourth-order valence-corrected chi connectivity index (χ4v) is 4.00. The number of aromatic amines is 1. The average molecular weight is 321 g/mol. The van der Waals surface area contributed by atoms with E-state index in [-0.39, 0.29) is 29.0 Å². The van der Waals surface area contributed by atoms with Gasteiger partial charge in [-0.2, -0.15) is 0 Å². The van der Waals surface area contributed by atoms with Gasteiger partial charge in [0.25, 0.3) is 5.56 Å². The van der Waals surface area contributed by atoms with Gasteiger partial charge in [-0.25, -0.2) is 4.79 Å². The summed E-state index contributed by atoms with van der Waals surface area (Å²) in [4.78, 5) is 38.9. The highest BCUT2D eigenvalue weighted by molar-refractivity contribution is 7.17. The Morgan fingerprint density at radius 2 is 2.09 bits per heavy atom. The standard InChI is InChI=1S/C15H19N3O3S/c1-16-13(19)10-4-2-9(3-5-10)8-18-14(20)12-11(6-7-22-12)17-15(18)21/h6-7,9-10H,2-5,8H2,1H3,(H,16,19)(H,17,21). The summed E-state index contributed by atoms with van der Waals surface area (Å²) in [7, 11) is 1.66. The van der Waals surface area contributed by atoms with Gasteiger partial charge >= 0.3 is 5.69 Å². The van der Waals surface area contributed by atoms with Crippen molar-refractivity contribution in [2.75, 3.05) is 7.05 Å². The van der Waals surface area contributed by atoms with Crippen LogP contribution in [0.25, 0.3) is 10.2 Å². The molecule has 0 radical (unpaired) electrons. The van der Waals surface area contributed by atoms with E-state index in [0.717, 1.165) is 25.7 Å². The quantitative estimate of drug-likeness (QED) is 0.894. The Hall–Kier alpha value is -1.89. The van der Waals surface area contributed by atoms with Gasteiger partial charge in [0, 0.05) is 19.5 Å².